The maximum absolute atomic E-state index is 8.52. The van der Waals surface area contributed by atoms with Crippen LogP contribution in [0.3, 0.4) is 0 Å². The lowest BCUT2D eigenvalue weighted by molar-refractivity contribution is 0.108. The zero-order valence-corrected chi connectivity index (χ0v) is 9.55. The van der Waals surface area contributed by atoms with Crippen molar-refractivity contribution in [2.45, 2.75) is 27.2 Å². The van der Waals surface area contributed by atoms with Gasteiger partial charge in [-0.25, -0.2) is 0 Å². The van der Waals surface area contributed by atoms with E-state index in [0.717, 1.165) is 32.7 Å². The molecule has 14 heavy (non-hydrogen) atoms. The van der Waals surface area contributed by atoms with Crippen LogP contribution in [0.4, 0.5) is 0 Å². The largest absolute Gasteiger partial charge is 0.381 e. The maximum atomic E-state index is 8.52. The van der Waals surface area contributed by atoms with Gasteiger partial charge < -0.3 is 10.1 Å². The topological polar surface area (TPSA) is 45.0 Å². The Morgan fingerprint density at radius 1 is 1.36 bits per heavy atom. The first-order chi connectivity index (χ1) is 6.66. The van der Waals surface area contributed by atoms with Crippen LogP contribution >= 0.6 is 0 Å². The van der Waals surface area contributed by atoms with E-state index in [1.165, 1.54) is 0 Å². The predicted molar refractivity (Wildman–Crippen MR) is 57.9 cm³/mol. The molecule has 0 aliphatic rings. The molecule has 1 atom stereocenters. The SMILES string of the molecule is CC(C)COCCCNCC(C)C#N. The second-order valence-electron chi connectivity index (χ2n) is 4.06. The van der Waals surface area contributed by atoms with Crippen molar-refractivity contribution in [3.05, 3.63) is 0 Å². The van der Waals surface area contributed by atoms with E-state index in [1.807, 2.05) is 6.92 Å². The molecule has 0 saturated heterocycles. The van der Waals surface area contributed by atoms with E-state index >= 15 is 0 Å². The summed E-state index contributed by atoms with van der Waals surface area (Å²) in [6, 6.07) is 2.19. The molecule has 0 amide bonds. The van der Waals surface area contributed by atoms with Gasteiger partial charge in [-0.1, -0.05) is 13.8 Å². The number of rotatable bonds is 8. The van der Waals surface area contributed by atoms with Crippen LogP contribution in [0.1, 0.15) is 27.2 Å². The van der Waals surface area contributed by atoms with Crippen molar-refractivity contribution >= 4 is 0 Å². The van der Waals surface area contributed by atoms with Crippen molar-refractivity contribution < 1.29 is 4.74 Å². The third-order valence-electron chi connectivity index (χ3n) is 1.76. The Morgan fingerprint density at radius 2 is 2.07 bits per heavy atom. The quantitative estimate of drug-likeness (QED) is 0.605. The minimum absolute atomic E-state index is 0.103. The first-order valence-corrected chi connectivity index (χ1v) is 5.35. The van der Waals surface area contributed by atoms with Gasteiger partial charge in [0, 0.05) is 19.8 Å². The summed E-state index contributed by atoms with van der Waals surface area (Å²) in [7, 11) is 0. The Balaban J connectivity index is 3.04. The van der Waals surface area contributed by atoms with E-state index in [1.54, 1.807) is 0 Å². The van der Waals surface area contributed by atoms with Crippen LogP contribution in [0.2, 0.25) is 0 Å². The highest BCUT2D eigenvalue weighted by atomic mass is 16.5. The Labute approximate surface area is 87.4 Å². The fourth-order valence-electron chi connectivity index (χ4n) is 0.982. The van der Waals surface area contributed by atoms with E-state index < -0.39 is 0 Å². The molecule has 0 aromatic heterocycles. The lowest BCUT2D eigenvalue weighted by Crippen LogP contribution is -2.22. The van der Waals surface area contributed by atoms with Gasteiger partial charge in [-0.2, -0.15) is 5.26 Å². The first-order valence-electron chi connectivity index (χ1n) is 5.35. The minimum Gasteiger partial charge on any atom is -0.381 e. The van der Waals surface area contributed by atoms with E-state index in [4.69, 9.17) is 10.00 Å². The van der Waals surface area contributed by atoms with Gasteiger partial charge in [0.15, 0.2) is 0 Å². The van der Waals surface area contributed by atoms with Crippen LogP contribution in [0.15, 0.2) is 0 Å². The van der Waals surface area contributed by atoms with Gasteiger partial charge in [0.05, 0.1) is 12.0 Å². The molecule has 0 aromatic rings. The summed E-state index contributed by atoms with van der Waals surface area (Å²) >= 11 is 0. The molecule has 3 nitrogen and oxygen atoms in total. The Kier molecular flexibility index (Phi) is 8.61. The van der Waals surface area contributed by atoms with Gasteiger partial charge in [-0.05, 0) is 25.8 Å². The minimum atomic E-state index is 0.103. The molecule has 0 bridgehead atoms. The lowest BCUT2D eigenvalue weighted by atomic mass is 10.2. The number of ether oxygens (including phenoxy) is 1. The van der Waals surface area contributed by atoms with Crippen LogP contribution in [0.25, 0.3) is 0 Å². The van der Waals surface area contributed by atoms with Crippen LogP contribution < -0.4 is 5.32 Å². The fraction of sp³-hybridized carbons (Fsp3) is 0.909. The van der Waals surface area contributed by atoms with Gasteiger partial charge in [-0.15, -0.1) is 0 Å². The summed E-state index contributed by atoms with van der Waals surface area (Å²) < 4.78 is 5.42. The van der Waals surface area contributed by atoms with E-state index in [-0.39, 0.29) is 5.92 Å². The smallest absolute Gasteiger partial charge is 0.0666 e. The zero-order valence-electron chi connectivity index (χ0n) is 9.55. The molecule has 0 aromatic carbocycles. The summed E-state index contributed by atoms with van der Waals surface area (Å²) in [5, 5.41) is 11.7. The molecule has 0 aliphatic carbocycles. The van der Waals surface area contributed by atoms with Crippen molar-refractivity contribution in [2.75, 3.05) is 26.3 Å². The van der Waals surface area contributed by atoms with Crippen molar-refractivity contribution in [3.8, 4) is 6.07 Å². The van der Waals surface area contributed by atoms with Crippen LogP contribution in [0.5, 0.6) is 0 Å². The summed E-state index contributed by atoms with van der Waals surface area (Å²) in [6.45, 7) is 9.58. The van der Waals surface area contributed by atoms with Gasteiger partial charge in [0.25, 0.3) is 0 Å². The van der Waals surface area contributed by atoms with Gasteiger partial charge in [-0.3, -0.25) is 0 Å². The van der Waals surface area contributed by atoms with Gasteiger partial charge in [0.1, 0.15) is 0 Å². The molecule has 1 N–H and O–H groups in total. The zero-order chi connectivity index (χ0) is 10.8. The standard InChI is InChI=1S/C11H22N2O/c1-10(2)9-14-6-4-5-13-8-11(3)7-12/h10-11,13H,4-6,8-9H2,1-3H3. The highest BCUT2D eigenvalue weighted by molar-refractivity contribution is 4.79. The molecule has 0 radical (unpaired) electrons. The van der Waals surface area contributed by atoms with Crippen molar-refractivity contribution in [1.29, 1.82) is 5.26 Å². The number of hydrogen-bond donors (Lipinski definition) is 1. The lowest BCUT2D eigenvalue weighted by Gasteiger charge is -2.08. The molecule has 0 heterocycles. The highest BCUT2D eigenvalue weighted by Crippen LogP contribution is 1.93. The average molecular weight is 198 g/mol. The summed E-state index contributed by atoms with van der Waals surface area (Å²) in [5.41, 5.74) is 0. The highest BCUT2D eigenvalue weighted by Gasteiger charge is 1.97. The van der Waals surface area contributed by atoms with Crippen molar-refractivity contribution in [2.24, 2.45) is 11.8 Å². The van der Waals surface area contributed by atoms with Crippen molar-refractivity contribution in [1.82, 2.24) is 5.32 Å². The van der Waals surface area contributed by atoms with E-state index in [2.05, 4.69) is 25.2 Å². The maximum Gasteiger partial charge on any atom is 0.0666 e. The van der Waals surface area contributed by atoms with Gasteiger partial charge in [0.2, 0.25) is 0 Å². The van der Waals surface area contributed by atoms with E-state index in [0.29, 0.717) is 5.92 Å². The third kappa shape index (κ3) is 9.50. The second-order valence-corrected chi connectivity index (χ2v) is 4.06. The number of nitrogens with zero attached hydrogens (tertiary/aromatic N) is 1. The van der Waals surface area contributed by atoms with Crippen molar-refractivity contribution in [3.63, 3.8) is 0 Å². The molecule has 0 rings (SSSR count). The summed E-state index contributed by atoms with van der Waals surface area (Å²) in [4.78, 5) is 0. The second kappa shape index (κ2) is 8.98. The molecule has 0 aliphatic heterocycles. The molecule has 3 heteroatoms. The molecule has 0 spiro atoms. The predicted octanol–water partition coefficient (Wildman–Crippen LogP) is 1.80. The third-order valence-corrected chi connectivity index (χ3v) is 1.76. The molecular formula is C11H22N2O. The fourth-order valence-corrected chi connectivity index (χ4v) is 0.982. The monoisotopic (exact) mass is 198 g/mol. The Morgan fingerprint density at radius 3 is 2.64 bits per heavy atom. The Bertz CT molecular complexity index is 163. The molecule has 1 unspecified atom stereocenters. The normalized spacial score (nSPS) is 12.8. The van der Waals surface area contributed by atoms with Gasteiger partial charge >= 0.3 is 0 Å². The van der Waals surface area contributed by atoms with Crippen LogP contribution in [-0.4, -0.2) is 26.3 Å². The van der Waals surface area contributed by atoms with Crippen LogP contribution in [0, 0.1) is 23.2 Å². The molecule has 0 saturated carbocycles. The summed E-state index contributed by atoms with van der Waals surface area (Å²) in [6.07, 6.45) is 1.02. The number of nitrogens with one attached hydrogen (secondary N) is 1. The number of nitriles is 1. The summed E-state index contributed by atoms with van der Waals surface area (Å²) in [5.74, 6) is 0.716. The van der Waals surface area contributed by atoms with Crippen LogP contribution in [-0.2, 0) is 4.74 Å². The van der Waals surface area contributed by atoms with E-state index in [9.17, 15) is 0 Å². The Hall–Kier alpha value is -0.590. The average Bonchev–Trinajstić information content (AvgIpc) is 2.15. The molecular weight excluding hydrogens is 176 g/mol. The first kappa shape index (κ1) is 13.4. The number of hydrogen-bond acceptors (Lipinski definition) is 3. The molecule has 82 valence electrons. The molecule has 0 fully saturated rings.